The Morgan fingerprint density at radius 2 is 1.24 bits per heavy atom. The van der Waals surface area contributed by atoms with E-state index in [0.717, 1.165) is 50.3 Å². The summed E-state index contributed by atoms with van der Waals surface area (Å²) in [5.74, 6) is -1.64. The molecule has 0 saturated carbocycles. The Labute approximate surface area is 267 Å². The SMILES string of the molecule is CCCCCCCCCOc1ccc(N=Nc2ccc(C(=O)Oc3ccc(C(=O)O[C@H](C)CCCCCC)cc3F)cc2)cc1. The lowest BCUT2D eigenvalue weighted by atomic mass is 10.1. The topological polar surface area (TPSA) is 86.5 Å². The minimum Gasteiger partial charge on any atom is -0.494 e. The highest BCUT2D eigenvalue weighted by atomic mass is 19.1. The van der Waals surface area contributed by atoms with Crippen LogP contribution in [-0.4, -0.2) is 24.6 Å². The van der Waals surface area contributed by atoms with E-state index in [1.165, 1.54) is 62.8 Å². The second-order valence-corrected chi connectivity index (χ2v) is 11.3. The van der Waals surface area contributed by atoms with E-state index in [0.29, 0.717) is 18.0 Å². The van der Waals surface area contributed by atoms with Gasteiger partial charge in [0.15, 0.2) is 11.6 Å². The van der Waals surface area contributed by atoms with Gasteiger partial charge in [0, 0.05) is 0 Å². The number of halogens is 1. The van der Waals surface area contributed by atoms with Crippen LogP contribution >= 0.6 is 0 Å². The molecule has 0 N–H and O–H groups in total. The Hall–Kier alpha value is -4.07. The molecule has 1 atom stereocenters. The standard InChI is InChI=1S/C37H47FN2O5/c1-4-6-8-10-11-12-14-26-43-33-23-21-32(22-24-33)40-39-31-19-16-29(17-20-31)36(41)45-35-25-18-30(27-34(35)38)37(42)44-28(3)15-13-9-7-5-2/h16-25,27-28H,4-15,26H2,1-3H3/t28-/m1/s1. The first-order valence-electron chi connectivity index (χ1n) is 16.4. The van der Waals surface area contributed by atoms with Crippen LogP contribution in [-0.2, 0) is 4.74 Å². The number of esters is 2. The van der Waals surface area contributed by atoms with Crippen molar-refractivity contribution in [1.82, 2.24) is 0 Å². The fraction of sp³-hybridized carbons (Fsp3) is 0.459. The minimum atomic E-state index is -0.826. The number of hydrogen-bond acceptors (Lipinski definition) is 7. The van der Waals surface area contributed by atoms with Crippen molar-refractivity contribution in [3.05, 3.63) is 83.7 Å². The molecule has 0 aliphatic heterocycles. The first-order valence-corrected chi connectivity index (χ1v) is 16.4. The lowest BCUT2D eigenvalue weighted by Gasteiger charge is -2.13. The molecule has 0 aliphatic rings. The van der Waals surface area contributed by atoms with E-state index < -0.39 is 17.8 Å². The van der Waals surface area contributed by atoms with Crippen LogP contribution in [0.25, 0.3) is 0 Å². The van der Waals surface area contributed by atoms with Gasteiger partial charge in [0.25, 0.3) is 0 Å². The summed E-state index contributed by atoms with van der Waals surface area (Å²) < 4.78 is 31.2. The Kier molecular flexibility index (Phi) is 15.8. The monoisotopic (exact) mass is 618 g/mol. The van der Waals surface area contributed by atoms with Crippen molar-refractivity contribution in [2.75, 3.05) is 6.61 Å². The highest BCUT2D eigenvalue weighted by Gasteiger charge is 2.17. The Morgan fingerprint density at radius 1 is 0.689 bits per heavy atom. The molecule has 3 aromatic rings. The molecule has 45 heavy (non-hydrogen) atoms. The number of unbranched alkanes of at least 4 members (excludes halogenated alkanes) is 9. The number of nitrogens with zero attached hydrogens (tertiary/aromatic N) is 2. The number of carbonyl (C=O) groups excluding carboxylic acids is 2. The second kappa shape index (κ2) is 20.1. The predicted molar refractivity (Wildman–Crippen MR) is 176 cm³/mol. The van der Waals surface area contributed by atoms with Crippen molar-refractivity contribution in [3.63, 3.8) is 0 Å². The first-order chi connectivity index (χ1) is 21.9. The molecule has 0 spiro atoms. The van der Waals surface area contributed by atoms with Crippen LogP contribution in [0.3, 0.4) is 0 Å². The number of ether oxygens (including phenoxy) is 3. The zero-order chi connectivity index (χ0) is 32.3. The maximum Gasteiger partial charge on any atom is 0.343 e. The van der Waals surface area contributed by atoms with E-state index in [-0.39, 0.29) is 23.0 Å². The van der Waals surface area contributed by atoms with E-state index >= 15 is 0 Å². The smallest absolute Gasteiger partial charge is 0.343 e. The number of rotatable bonds is 20. The quantitative estimate of drug-likeness (QED) is 0.0544. The summed E-state index contributed by atoms with van der Waals surface area (Å²) in [4.78, 5) is 25.0. The highest BCUT2D eigenvalue weighted by molar-refractivity contribution is 5.92. The molecule has 0 amide bonds. The largest absolute Gasteiger partial charge is 0.494 e. The summed E-state index contributed by atoms with van der Waals surface area (Å²) in [6, 6.07) is 17.4. The van der Waals surface area contributed by atoms with E-state index in [2.05, 4.69) is 24.1 Å². The summed E-state index contributed by atoms with van der Waals surface area (Å²) >= 11 is 0. The Balaban J connectivity index is 1.44. The molecule has 242 valence electrons. The summed E-state index contributed by atoms with van der Waals surface area (Å²) in [7, 11) is 0. The number of hydrogen-bond donors (Lipinski definition) is 0. The van der Waals surface area contributed by atoms with Crippen LogP contribution in [0.15, 0.2) is 77.0 Å². The van der Waals surface area contributed by atoms with Gasteiger partial charge in [-0.15, -0.1) is 0 Å². The Bertz CT molecular complexity index is 1340. The van der Waals surface area contributed by atoms with Crippen LogP contribution in [0.5, 0.6) is 11.5 Å². The lowest BCUT2D eigenvalue weighted by Crippen LogP contribution is -2.15. The van der Waals surface area contributed by atoms with Gasteiger partial charge >= 0.3 is 11.9 Å². The summed E-state index contributed by atoms with van der Waals surface area (Å²) in [6.45, 7) is 6.90. The third-order valence-corrected chi connectivity index (χ3v) is 7.38. The van der Waals surface area contributed by atoms with Gasteiger partial charge in [0.1, 0.15) is 5.75 Å². The van der Waals surface area contributed by atoms with Gasteiger partial charge in [-0.05, 0) is 92.9 Å². The highest BCUT2D eigenvalue weighted by Crippen LogP contribution is 2.24. The third-order valence-electron chi connectivity index (χ3n) is 7.38. The van der Waals surface area contributed by atoms with Crippen molar-refractivity contribution in [2.24, 2.45) is 10.2 Å². The maximum absolute atomic E-state index is 14.7. The normalized spacial score (nSPS) is 11.8. The molecule has 0 bridgehead atoms. The third kappa shape index (κ3) is 13.2. The van der Waals surface area contributed by atoms with Crippen LogP contribution in [0, 0.1) is 5.82 Å². The molecular formula is C37H47FN2O5. The van der Waals surface area contributed by atoms with E-state index in [1.54, 1.807) is 12.1 Å². The van der Waals surface area contributed by atoms with Gasteiger partial charge in [0.2, 0.25) is 0 Å². The van der Waals surface area contributed by atoms with Crippen molar-refractivity contribution in [2.45, 2.75) is 104 Å². The minimum absolute atomic E-state index is 0.0630. The second-order valence-electron chi connectivity index (χ2n) is 11.3. The predicted octanol–water partition coefficient (Wildman–Crippen LogP) is 11.1. The first kappa shape index (κ1) is 35.4. The van der Waals surface area contributed by atoms with Crippen LogP contribution in [0.4, 0.5) is 15.8 Å². The summed E-state index contributed by atoms with van der Waals surface area (Å²) in [5, 5.41) is 8.47. The van der Waals surface area contributed by atoms with Crippen molar-refractivity contribution in [1.29, 1.82) is 0 Å². The van der Waals surface area contributed by atoms with E-state index in [4.69, 9.17) is 14.2 Å². The van der Waals surface area contributed by atoms with Crippen LogP contribution in [0.2, 0.25) is 0 Å². The molecule has 3 aromatic carbocycles. The fourth-order valence-electron chi connectivity index (χ4n) is 4.68. The molecule has 8 heteroatoms. The molecule has 0 radical (unpaired) electrons. The van der Waals surface area contributed by atoms with Crippen LogP contribution < -0.4 is 9.47 Å². The molecule has 0 saturated heterocycles. The molecule has 0 fully saturated rings. The molecular weight excluding hydrogens is 571 g/mol. The molecule has 0 unspecified atom stereocenters. The average molecular weight is 619 g/mol. The van der Waals surface area contributed by atoms with Gasteiger partial charge < -0.3 is 14.2 Å². The van der Waals surface area contributed by atoms with Gasteiger partial charge in [-0.1, -0.05) is 71.6 Å². The number of benzene rings is 3. The van der Waals surface area contributed by atoms with Gasteiger partial charge in [-0.2, -0.15) is 10.2 Å². The van der Waals surface area contributed by atoms with E-state index in [9.17, 15) is 14.0 Å². The lowest BCUT2D eigenvalue weighted by molar-refractivity contribution is 0.0319. The van der Waals surface area contributed by atoms with Gasteiger partial charge in [-0.3, -0.25) is 0 Å². The number of azo groups is 1. The zero-order valence-corrected chi connectivity index (χ0v) is 26.9. The molecule has 0 heterocycles. The van der Waals surface area contributed by atoms with Gasteiger partial charge in [-0.25, -0.2) is 14.0 Å². The Morgan fingerprint density at radius 3 is 1.87 bits per heavy atom. The van der Waals surface area contributed by atoms with Crippen molar-refractivity contribution >= 4 is 23.3 Å². The summed E-state index contributed by atoms with van der Waals surface area (Å²) in [5.41, 5.74) is 1.50. The van der Waals surface area contributed by atoms with E-state index in [1.807, 2.05) is 31.2 Å². The molecule has 0 aliphatic carbocycles. The molecule has 3 rings (SSSR count). The van der Waals surface area contributed by atoms with Gasteiger partial charge in [0.05, 0.1) is 35.2 Å². The van der Waals surface area contributed by atoms with Crippen molar-refractivity contribution in [3.8, 4) is 11.5 Å². The molecule has 7 nitrogen and oxygen atoms in total. The van der Waals surface area contributed by atoms with Crippen LogP contribution in [0.1, 0.15) is 119 Å². The summed E-state index contributed by atoms with van der Waals surface area (Å²) in [6.07, 6.45) is 13.5. The zero-order valence-electron chi connectivity index (χ0n) is 26.9. The maximum atomic E-state index is 14.7. The van der Waals surface area contributed by atoms with Crippen molar-refractivity contribution < 1.29 is 28.2 Å². The fourth-order valence-corrected chi connectivity index (χ4v) is 4.68. The average Bonchev–Trinajstić information content (AvgIpc) is 3.05. The molecule has 0 aromatic heterocycles. The number of carbonyl (C=O) groups is 2.